The minimum atomic E-state index is -4.40. The fraction of sp³-hybridized carbons (Fsp3) is 0.400. The van der Waals surface area contributed by atoms with Crippen LogP contribution >= 0.6 is 11.8 Å². The molecule has 0 aliphatic carbocycles. The van der Waals surface area contributed by atoms with E-state index in [4.69, 9.17) is 5.11 Å². The van der Waals surface area contributed by atoms with Gasteiger partial charge in [-0.1, -0.05) is 0 Å². The predicted octanol–water partition coefficient (Wildman–Crippen LogP) is 3.09. The first kappa shape index (κ1) is 15.0. The molecule has 1 aromatic rings. The summed E-state index contributed by atoms with van der Waals surface area (Å²) in [4.78, 5) is 0. The molecule has 0 aliphatic heterocycles. The van der Waals surface area contributed by atoms with Crippen molar-refractivity contribution < 1.29 is 31.8 Å². The van der Waals surface area contributed by atoms with Crippen LogP contribution in [-0.2, 0) is 6.61 Å². The second-order valence-corrected chi connectivity index (χ2v) is 4.35. The Balaban J connectivity index is 2.57. The van der Waals surface area contributed by atoms with E-state index in [-0.39, 0.29) is 17.3 Å². The molecule has 0 aliphatic rings. The van der Waals surface area contributed by atoms with Gasteiger partial charge >= 0.3 is 5.51 Å². The Morgan fingerprint density at radius 3 is 2.17 bits per heavy atom. The highest BCUT2D eigenvalue weighted by Crippen LogP contribution is 2.30. The van der Waals surface area contributed by atoms with E-state index in [1.165, 1.54) is 0 Å². The van der Waals surface area contributed by atoms with Crippen molar-refractivity contribution in [3.05, 3.63) is 29.3 Å². The van der Waals surface area contributed by atoms with Crippen LogP contribution in [0.5, 0.6) is 5.75 Å². The average molecular weight is 288 g/mol. The van der Waals surface area contributed by atoms with Crippen LogP contribution < -0.4 is 4.74 Å². The zero-order valence-electron chi connectivity index (χ0n) is 8.93. The lowest BCUT2D eigenvalue weighted by Gasteiger charge is -2.10. The number of ether oxygens (including phenoxy) is 1. The van der Waals surface area contributed by atoms with Gasteiger partial charge in [-0.25, -0.2) is 8.78 Å². The molecule has 102 valence electrons. The second kappa shape index (κ2) is 6.24. The van der Waals surface area contributed by atoms with Crippen molar-refractivity contribution in [2.75, 3.05) is 12.4 Å². The van der Waals surface area contributed by atoms with E-state index >= 15 is 0 Å². The van der Waals surface area contributed by atoms with E-state index < -0.39 is 41.9 Å². The maximum absolute atomic E-state index is 13.3. The second-order valence-electron chi connectivity index (χ2n) is 3.19. The third-order valence-electron chi connectivity index (χ3n) is 1.84. The van der Waals surface area contributed by atoms with Crippen molar-refractivity contribution in [2.45, 2.75) is 12.1 Å². The molecule has 0 saturated heterocycles. The van der Waals surface area contributed by atoms with Crippen LogP contribution in [0.2, 0.25) is 0 Å². The molecule has 0 aromatic heterocycles. The number of hydrogen-bond acceptors (Lipinski definition) is 3. The largest absolute Gasteiger partial charge is 0.487 e. The van der Waals surface area contributed by atoms with E-state index in [1.807, 2.05) is 0 Å². The Bertz CT molecular complexity index is 385. The molecule has 0 radical (unpaired) electrons. The van der Waals surface area contributed by atoms with Gasteiger partial charge in [0.25, 0.3) is 0 Å². The van der Waals surface area contributed by atoms with E-state index in [1.54, 1.807) is 0 Å². The molecule has 2 nitrogen and oxygen atoms in total. The molecule has 8 heteroatoms. The minimum absolute atomic E-state index is 0.0158. The first-order chi connectivity index (χ1) is 8.33. The predicted molar refractivity (Wildman–Crippen MR) is 56.3 cm³/mol. The molecule has 1 aromatic carbocycles. The lowest BCUT2D eigenvalue weighted by Crippen LogP contribution is -2.09. The quantitative estimate of drug-likeness (QED) is 0.667. The minimum Gasteiger partial charge on any atom is -0.487 e. The fourth-order valence-electron chi connectivity index (χ4n) is 1.14. The van der Waals surface area contributed by atoms with Crippen molar-refractivity contribution in [1.82, 2.24) is 0 Å². The summed E-state index contributed by atoms with van der Waals surface area (Å²) < 4.78 is 66.4. The Morgan fingerprint density at radius 2 is 1.72 bits per heavy atom. The van der Waals surface area contributed by atoms with Crippen molar-refractivity contribution in [1.29, 1.82) is 0 Å². The van der Waals surface area contributed by atoms with Crippen LogP contribution in [0.4, 0.5) is 22.0 Å². The van der Waals surface area contributed by atoms with E-state index in [9.17, 15) is 22.0 Å². The SMILES string of the molecule is OCc1cc(F)c(OCCSC(F)(F)F)c(F)c1. The number of benzene rings is 1. The molecule has 0 spiro atoms. The summed E-state index contributed by atoms with van der Waals surface area (Å²) in [5.41, 5.74) is -4.39. The fourth-order valence-corrected chi connectivity index (χ4v) is 1.54. The summed E-state index contributed by atoms with van der Waals surface area (Å²) >= 11 is -0.338. The summed E-state index contributed by atoms with van der Waals surface area (Å²) in [6.45, 7) is -1.02. The molecule has 0 amide bonds. The van der Waals surface area contributed by atoms with Gasteiger partial charge in [0.1, 0.15) is 0 Å². The summed E-state index contributed by atoms with van der Waals surface area (Å²) in [7, 11) is 0. The zero-order chi connectivity index (χ0) is 13.8. The van der Waals surface area contributed by atoms with Crippen LogP contribution in [0.3, 0.4) is 0 Å². The van der Waals surface area contributed by atoms with Gasteiger partial charge in [0, 0.05) is 5.75 Å². The monoisotopic (exact) mass is 288 g/mol. The highest BCUT2D eigenvalue weighted by atomic mass is 32.2. The number of rotatable bonds is 5. The molecule has 0 fully saturated rings. The lowest BCUT2D eigenvalue weighted by molar-refractivity contribution is -0.0329. The number of aliphatic hydroxyl groups excluding tert-OH is 1. The number of thioether (sulfide) groups is 1. The molecule has 0 atom stereocenters. The number of aliphatic hydroxyl groups is 1. The van der Waals surface area contributed by atoms with Gasteiger partial charge in [0.15, 0.2) is 17.4 Å². The van der Waals surface area contributed by atoms with Crippen LogP contribution in [0, 0.1) is 11.6 Å². The first-order valence-corrected chi connectivity index (χ1v) is 5.74. The standard InChI is InChI=1S/C10H9F5O2S/c11-7-3-6(5-16)4-8(12)9(7)17-1-2-18-10(13,14)15/h3-4,16H,1-2,5H2. The molecule has 1 N–H and O–H groups in total. The maximum Gasteiger partial charge on any atom is 0.441 e. The molecular formula is C10H9F5O2S. The van der Waals surface area contributed by atoms with Crippen LogP contribution in [0.15, 0.2) is 12.1 Å². The van der Waals surface area contributed by atoms with Gasteiger partial charge in [0.05, 0.1) is 13.2 Å². The molecular weight excluding hydrogens is 279 g/mol. The van der Waals surface area contributed by atoms with Gasteiger partial charge < -0.3 is 9.84 Å². The number of hydrogen-bond donors (Lipinski definition) is 1. The maximum atomic E-state index is 13.3. The Labute approximate surface area is 104 Å². The Kier molecular flexibility index (Phi) is 5.21. The smallest absolute Gasteiger partial charge is 0.441 e. The Hall–Kier alpha value is -1.02. The molecule has 0 bridgehead atoms. The van der Waals surface area contributed by atoms with Crippen molar-refractivity contribution in [2.24, 2.45) is 0 Å². The van der Waals surface area contributed by atoms with Crippen molar-refractivity contribution in [3.63, 3.8) is 0 Å². The Morgan fingerprint density at radius 1 is 1.17 bits per heavy atom. The topological polar surface area (TPSA) is 29.5 Å². The summed E-state index contributed by atoms with van der Waals surface area (Å²) in [6.07, 6.45) is 0. The van der Waals surface area contributed by atoms with E-state index in [2.05, 4.69) is 4.74 Å². The number of alkyl halides is 3. The molecule has 1 rings (SSSR count). The third-order valence-corrected chi connectivity index (χ3v) is 2.53. The highest BCUT2D eigenvalue weighted by molar-refractivity contribution is 8.00. The van der Waals surface area contributed by atoms with Gasteiger partial charge in [0.2, 0.25) is 0 Å². The lowest BCUT2D eigenvalue weighted by atomic mass is 10.2. The van der Waals surface area contributed by atoms with Crippen molar-refractivity contribution in [3.8, 4) is 5.75 Å². The summed E-state index contributed by atoms with van der Waals surface area (Å²) in [5, 5.41) is 8.68. The average Bonchev–Trinajstić information content (AvgIpc) is 2.25. The van der Waals surface area contributed by atoms with Crippen LogP contribution in [-0.4, -0.2) is 23.0 Å². The summed E-state index contributed by atoms with van der Waals surface area (Å²) in [6, 6.07) is 1.71. The van der Waals surface area contributed by atoms with E-state index in [0.29, 0.717) is 0 Å². The summed E-state index contributed by atoms with van der Waals surface area (Å²) in [5.74, 6) is -3.33. The van der Waals surface area contributed by atoms with Crippen molar-refractivity contribution >= 4 is 11.8 Å². The van der Waals surface area contributed by atoms with Gasteiger partial charge in [-0.3, -0.25) is 0 Å². The van der Waals surface area contributed by atoms with Crippen LogP contribution in [0.25, 0.3) is 0 Å². The molecule has 0 heterocycles. The van der Waals surface area contributed by atoms with Gasteiger partial charge in [-0.05, 0) is 29.5 Å². The highest BCUT2D eigenvalue weighted by Gasteiger charge is 2.27. The molecule has 0 unspecified atom stereocenters. The van der Waals surface area contributed by atoms with Gasteiger partial charge in [-0.2, -0.15) is 13.2 Å². The first-order valence-electron chi connectivity index (χ1n) is 4.75. The number of halogens is 5. The van der Waals surface area contributed by atoms with Gasteiger partial charge in [-0.15, -0.1) is 0 Å². The molecule has 18 heavy (non-hydrogen) atoms. The third kappa shape index (κ3) is 4.69. The van der Waals surface area contributed by atoms with Crippen LogP contribution in [0.1, 0.15) is 5.56 Å². The molecule has 0 saturated carbocycles. The normalized spacial score (nSPS) is 11.7. The zero-order valence-corrected chi connectivity index (χ0v) is 9.75. The van der Waals surface area contributed by atoms with E-state index in [0.717, 1.165) is 12.1 Å².